The highest BCUT2D eigenvalue weighted by atomic mass is 16.5. The van der Waals surface area contributed by atoms with Crippen LogP contribution in [0, 0.1) is 5.41 Å². The normalized spacial score (nSPS) is 19.3. The molecule has 136 valence electrons. The number of carbonyl (C=O) groups is 1. The summed E-state index contributed by atoms with van der Waals surface area (Å²) >= 11 is 0. The van der Waals surface area contributed by atoms with Gasteiger partial charge < -0.3 is 14.7 Å². The van der Waals surface area contributed by atoms with Crippen LogP contribution in [0.25, 0.3) is 0 Å². The van der Waals surface area contributed by atoms with Gasteiger partial charge in [0.25, 0.3) is 0 Å². The standard InChI is InChI=1S/C21H24N2O3/c1-21(2,20(24)25)18-14-8-4-5-9-16(14)26-19-15(18)10-11-17(22-19)23-12-6-3-7-13-23/h4-5,8-11,18H,3,6-7,12-13H2,1-2H3,(H,24,25)/t18-/m0/s1. The summed E-state index contributed by atoms with van der Waals surface area (Å²) in [5.74, 6) is 1.01. The maximum Gasteiger partial charge on any atom is 0.310 e. The van der Waals surface area contributed by atoms with Gasteiger partial charge in [0.05, 0.1) is 5.41 Å². The summed E-state index contributed by atoms with van der Waals surface area (Å²) in [4.78, 5) is 19.0. The number of rotatable bonds is 3. The maximum atomic E-state index is 12.0. The van der Waals surface area contributed by atoms with E-state index in [0.717, 1.165) is 30.0 Å². The third-order valence-corrected chi connectivity index (χ3v) is 5.58. The van der Waals surface area contributed by atoms with Gasteiger partial charge in [-0.1, -0.05) is 18.2 Å². The number of pyridine rings is 1. The van der Waals surface area contributed by atoms with Gasteiger partial charge in [0.1, 0.15) is 11.6 Å². The summed E-state index contributed by atoms with van der Waals surface area (Å²) in [6, 6.07) is 11.7. The average molecular weight is 352 g/mol. The van der Waals surface area contributed by atoms with E-state index in [2.05, 4.69) is 4.90 Å². The van der Waals surface area contributed by atoms with Gasteiger partial charge >= 0.3 is 5.97 Å². The Bertz CT molecular complexity index is 841. The number of aliphatic carboxylic acids is 1. The van der Waals surface area contributed by atoms with Crippen LogP contribution in [0.1, 0.15) is 50.2 Å². The Morgan fingerprint density at radius 1 is 1.12 bits per heavy atom. The second kappa shape index (κ2) is 6.31. The molecule has 0 amide bonds. The molecule has 0 spiro atoms. The topological polar surface area (TPSA) is 62.7 Å². The van der Waals surface area contributed by atoms with E-state index in [-0.39, 0.29) is 5.92 Å². The Morgan fingerprint density at radius 2 is 1.85 bits per heavy atom. The van der Waals surface area contributed by atoms with Crippen LogP contribution in [-0.4, -0.2) is 29.1 Å². The number of aromatic nitrogens is 1. The molecule has 3 heterocycles. The van der Waals surface area contributed by atoms with Gasteiger partial charge in [0.15, 0.2) is 0 Å². The number of hydrogen-bond donors (Lipinski definition) is 1. The second-order valence-corrected chi connectivity index (χ2v) is 7.71. The number of carboxylic acid groups (broad SMARTS) is 1. The lowest BCUT2D eigenvalue weighted by Gasteiger charge is -2.36. The quantitative estimate of drug-likeness (QED) is 0.886. The fraction of sp³-hybridized carbons (Fsp3) is 0.429. The third-order valence-electron chi connectivity index (χ3n) is 5.58. The maximum absolute atomic E-state index is 12.0. The minimum Gasteiger partial charge on any atom is -0.481 e. The summed E-state index contributed by atoms with van der Waals surface area (Å²) in [6.45, 7) is 5.55. The molecule has 2 aliphatic heterocycles. The minimum atomic E-state index is -0.969. The molecule has 1 aromatic heterocycles. The lowest BCUT2D eigenvalue weighted by molar-refractivity contribution is -0.147. The molecule has 4 rings (SSSR count). The highest BCUT2D eigenvalue weighted by molar-refractivity contribution is 5.77. The molecule has 1 N–H and O–H groups in total. The van der Waals surface area contributed by atoms with Gasteiger partial charge in [-0.25, -0.2) is 0 Å². The SMILES string of the molecule is CC(C)(C(=O)O)[C@H]1c2ccccc2Oc2nc(N3CCCCC3)ccc21. The molecule has 26 heavy (non-hydrogen) atoms. The molecule has 5 nitrogen and oxygen atoms in total. The van der Waals surface area contributed by atoms with Crippen molar-refractivity contribution in [1.29, 1.82) is 0 Å². The number of anilines is 1. The fourth-order valence-corrected chi connectivity index (χ4v) is 4.03. The largest absolute Gasteiger partial charge is 0.481 e. The predicted molar refractivity (Wildman–Crippen MR) is 100 cm³/mol. The zero-order chi connectivity index (χ0) is 18.3. The lowest BCUT2D eigenvalue weighted by Crippen LogP contribution is -2.34. The zero-order valence-corrected chi connectivity index (χ0v) is 15.2. The van der Waals surface area contributed by atoms with Gasteiger partial charge in [0, 0.05) is 30.1 Å². The number of ether oxygens (including phenoxy) is 1. The molecule has 0 aliphatic carbocycles. The molecule has 2 aromatic rings. The molecule has 1 aromatic carbocycles. The third kappa shape index (κ3) is 2.71. The van der Waals surface area contributed by atoms with Gasteiger partial charge in [-0.2, -0.15) is 4.98 Å². The number of fused-ring (bicyclic) bond motifs is 2. The second-order valence-electron chi connectivity index (χ2n) is 7.71. The molecule has 1 atom stereocenters. The summed E-state index contributed by atoms with van der Waals surface area (Å²) in [6.07, 6.45) is 3.62. The Hall–Kier alpha value is -2.56. The van der Waals surface area contributed by atoms with Crippen molar-refractivity contribution in [1.82, 2.24) is 4.98 Å². The summed E-state index contributed by atoms with van der Waals surface area (Å²) in [5, 5.41) is 9.83. The number of benzene rings is 1. The Balaban J connectivity index is 1.81. The van der Waals surface area contributed by atoms with Crippen molar-refractivity contribution in [3.63, 3.8) is 0 Å². The number of carboxylic acids is 1. The van der Waals surface area contributed by atoms with Gasteiger partial charge in [-0.05, 0) is 51.3 Å². The van der Waals surface area contributed by atoms with Crippen molar-refractivity contribution in [3.8, 4) is 11.6 Å². The molecule has 2 aliphatic rings. The first-order valence-electron chi connectivity index (χ1n) is 9.24. The van der Waals surface area contributed by atoms with Gasteiger partial charge in [0.2, 0.25) is 5.88 Å². The first-order valence-corrected chi connectivity index (χ1v) is 9.24. The van der Waals surface area contributed by atoms with Crippen LogP contribution in [0.2, 0.25) is 0 Å². The van der Waals surface area contributed by atoms with Crippen LogP contribution in [0.4, 0.5) is 5.82 Å². The van der Waals surface area contributed by atoms with Crippen molar-refractivity contribution >= 4 is 11.8 Å². The first kappa shape index (κ1) is 16.9. The van der Waals surface area contributed by atoms with E-state index in [1.165, 1.54) is 19.3 Å². The Morgan fingerprint density at radius 3 is 2.58 bits per heavy atom. The Kier molecular flexibility index (Phi) is 4.10. The summed E-state index contributed by atoms with van der Waals surface area (Å²) in [5.41, 5.74) is 0.778. The van der Waals surface area contributed by atoms with Crippen LogP contribution in [-0.2, 0) is 4.79 Å². The van der Waals surface area contributed by atoms with Gasteiger partial charge in [-0.3, -0.25) is 4.79 Å². The van der Waals surface area contributed by atoms with Crippen molar-refractivity contribution < 1.29 is 14.6 Å². The minimum absolute atomic E-state index is 0.303. The molecule has 1 saturated heterocycles. The van der Waals surface area contributed by atoms with E-state index < -0.39 is 11.4 Å². The molecule has 0 saturated carbocycles. The number of hydrogen-bond acceptors (Lipinski definition) is 4. The predicted octanol–water partition coefficient (Wildman–Crippen LogP) is 4.42. The van der Waals surface area contributed by atoms with Crippen molar-refractivity contribution in [3.05, 3.63) is 47.5 Å². The molecule has 0 unspecified atom stereocenters. The summed E-state index contributed by atoms with van der Waals surface area (Å²) < 4.78 is 6.08. The van der Waals surface area contributed by atoms with Crippen LogP contribution in [0.3, 0.4) is 0 Å². The highest BCUT2D eigenvalue weighted by Crippen LogP contribution is 2.51. The van der Waals surface area contributed by atoms with Crippen LogP contribution >= 0.6 is 0 Å². The van der Waals surface area contributed by atoms with Crippen molar-refractivity contribution in [2.24, 2.45) is 5.41 Å². The van der Waals surface area contributed by atoms with Crippen molar-refractivity contribution in [2.75, 3.05) is 18.0 Å². The number of para-hydroxylation sites is 1. The van der Waals surface area contributed by atoms with E-state index >= 15 is 0 Å². The van der Waals surface area contributed by atoms with Crippen LogP contribution < -0.4 is 9.64 Å². The van der Waals surface area contributed by atoms with Gasteiger partial charge in [-0.15, -0.1) is 0 Å². The highest BCUT2D eigenvalue weighted by Gasteiger charge is 2.44. The molecule has 5 heteroatoms. The Labute approximate surface area is 153 Å². The molecule has 1 fully saturated rings. The monoisotopic (exact) mass is 352 g/mol. The van der Waals surface area contributed by atoms with E-state index in [1.807, 2.05) is 36.4 Å². The average Bonchev–Trinajstić information content (AvgIpc) is 2.66. The van der Waals surface area contributed by atoms with E-state index in [9.17, 15) is 9.90 Å². The number of piperidine rings is 1. The molecule has 0 radical (unpaired) electrons. The first-order chi connectivity index (χ1) is 12.5. The smallest absolute Gasteiger partial charge is 0.310 e. The molecule has 0 bridgehead atoms. The van der Waals surface area contributed by atoms with E-state index in [0.29, 0.717) is 11.6 Å². The lowest BCUT2D eigenvalue weighted by atomic mass is 9.70. The van der Waals surface area contributed by atoms with Crippen LogP contribution in [0.5, 0.6) is 11.6 Å². The van der Waals surface area contributed by atoms with E-state index in [4.69, 9.17) is 9.72 Å². The molecular weight excluding hydrogens is 328 g/mol. The van der Waals surface area contributed by atoms with Crippen molar-refractivity contribution in [2.45, 2.75) is 39.0 Å². The fourth-order valence-electron chi connectivity index (χ4n) is 4.03. The molecular formula is C21H24N2O3. The summed E-state index contributed by atoms with van der Waals surface area (Å²) in [7, 11) is 0. The van der Waals surface area contributed by atoms with Crippen LogP contribution in [0.15, 0.2) is 36.4 Å². The zero-order valence-electron chi connectivity index (χ0n) is 15.2. The van der Waals surface area contributed by atoms with E-state index in [1.54, 1.807) is 13.8 Å². The number of nitrogens with zero attached hydrogens (tertiary/aromatic N) is 2.